The van der Waals surface area contributed by atoms with Gasteiger partial charge in [0.25, 0.3) is 5.91 Å². The second-order valence-electron chi connectivity index (χ2n) is 15.7. The number of hydrogen-bond donors (Lipinski definition) is 0. The van der Waals surface area contributed by atoms with Crippen LogP contribution < -0.4 is 9.47 Å². The lowest BCUT2D eigenvalue weighted by atomic mass is 10.1. The molecule has 0 unspecified atom stereocenters. The van der Waals surface area contributed by atoms with Crippen LogP contribution in [-0.2, 0) is 22.8 Å². The fourth-order valence-electron chi connectivity index (χ4n) is 7.82. The number of nitrogens with zero attached hydrogens (tertiary/aromatic N) is 8. The number of ether oxygens (including phenoxy) is 2. The van der Waals surface area contributed by atoms with Crippen LogP contribution in [0.5, 0.6) is 11.5 Å². The normalized spacial score (nSPS) is 13.3. The molecule has 0 aliphatic carbocycles. The molecule has 15 heteroatoms. The van der Waals surface area contributed by atoms with E-state index in [9.17, 15) is 22.8 Å². The number of aromatic nitrogens is 6. The third kappa shape index (κ3) is 11.1. The monoisotopic (exact) mass is 932 g/mol. The van der Waals surface area contributed by atoms with Crippen molar-refractivity contribution in [2.24, 2.45) is 0 Å². The fraction of sp³-hybridized carbons (Fsp3) is 0.222. The van der Waals surface area contributed by atoms with Gasteiger partial charge in [-0.1, -0.05) is 80.9 Å². The number of rotatable bonds is 12. The number of likely N-dealkylation sites (tertiary alicyclic amines) is 1. The molecule has 69 heavy (non-hydrogen) atoms. The average molecular weight is 933 g/mol. The summed E-state index contributed by atoms with van der Waals surface area (Å²) in [7, 11) is 1.71. The zero-order chi connectivity index (χ0) is 49.0. The van der Waals surface area contributed by atoms with Crippen LogP contribution in [0.15, 0.2) is 141 Å². The van der Waals surface area contributed by atoms with E-state index in [0.29, 0.717) is 24.7 Å². The number of hydrogen-bond acceptors (Lipinski definition) is 8. The van der Waals surface area contributed by atoms with E-state index in [2.05, 4.69) is 28.4 Å². The molecule has 4 aromatic carbocycles. The minimum atomic E-state index is -0.950. The maximum Gasteiger partial charge on any atom is 0.299 e. The number of likely N-dealkylation sites (N-methyl/N-ethyl adjacent to an activating group) is 1. The topological polar surface area (TPSA) is 119 Å². The Morgan fingerprint density at radius 2 is 1.41 bits per heavy atom. The molecular weight excluding hydrogens is 882 g/mol. The quantitative estimate of drug-likeness (QED) is 0.0878. The molecule has 0 N–H and O–H groups in total. The molecule has 9 rings (SSSR count). The van der Waals surface area contributed by atoms with E-state index in [1.807, 2.05) is 95.4 Å². The van der Waals surface area contributed by atoms with Crippen molar-refractivity contribution in [1.82, 2.24) is 38.5 Å². The molecule has 2 amide bonds. The first-order valence-corrected chi connectivity index (χ1v) is 22.4. The van der Waals surface area contributed by atoms with Gasteiger partial charge in [-0.3, -0.25) is 28.4 Å². The van der Waals surface area contributed by atoms with Gasteiger partial charge in [0.15, 0.2) is 11.6 Å². The maximum absolute atomic E-state index is 13.4. The van der Waals surface area contributed by atoms with Crippen molar-refractivity contribution in [2.75, 3.05) is 13.6 Å². The smallest absolute Gasteiger partial charge is 0.299 e. The Kier molecular flexibility index (Phi) is 15.9. The lowest BCUT2D eigenvalue weighted by Crippen LogP contribution is -2.30. The van der Waals surface area contributed by atoms with Crippen LogP contribution in [0, 0.1) is 29.3 Å². The third-order valence-corrected chi connectivity index (χ3v) is 11.4. The van der Waals surface area contributed by atoms with Gasteiger partial charge in [-0.2, -0.15) is 0 Å². The second kappa shape index (κ2) is 22.5. The summed E-state index contributed by atoms with van der Waals surface area (Å²) in [4.78, 5) is 46.3. The molecular formula is C54H51F3N8O4. The lowest BCUT2D eigenvalue weighted by molar-refractivity contribution is -0.127. The molecule has 352 valence electrons. The highest BCUT2D eigenvalue weighted by molar-refractivity contribution is 5.94. The van der Waals surface area contributed by atoms with E-state index in [-0.39, 0.29) is 42.1 Å². The van der Waals surface area contributed by atoms with Crippen molar-refractivity contribution >= 4 is 22.8 Å². The van der Waals surface area contributed by atoms with Crippen LogP contribution in [0.1, 0.15) is 75.4 Å². The summed E-state index contributed by atoms with van der Waals surface area (Å²) in [5, 5.41) is 0. The Morgan fingerprint density at radius 1 is 0.812 bits per heavy atom. The Bertz CT molecular complexity index is 3140. The SMILES string of the molecule is C=CC(=O)N(C)[C@@H](C)c1nc(-c2ccc(COc3ccc(F)c(F)c3)cc2)c2cnccn12.CC.CC#CC(=O)N1CCC[C@H]1c1nc(-c2ccc(COc3cccc(F)c3)cc2)c2cnccn12. The molecule has 5 heterocycles. The van der Waals surface area contributed by atoms with E-state index in [1.165, 1.54) is 24.3 Å². The maximum atomic E-state index is 13.4. The van der Waals surface area contributed by atoms with Gasteiger partial charge in [0.1, 0.15) is 42.2 Å². The van der Waals surface area contributed by atoms with Crippen LogP contribution in [0.4, 0.5) is 13.2 Å². The molecule has 1 aliphatic heterocycles. The Labute approximate surface area is 398 Å². The van der Waals surface area contributed by atoms with Gasteiger partial charge in [-0.15, -0.1) is 0 Å². The summed E-state index contributed by atoms with van der Waals surface area (Å²) in [6.07, 6.45) is 13.6. The summed E-state index contributed by atoms with van der Waals surface area (Å²) in [6.45, 7) is 12.3. The highest BCUT2D eigenvalue weighted by atomic mass is 19.2. The summed E-state index contributed by atoms with van der Waals surface area (Å²) in [5.74, 6) is 5.07. The zero-order valence-corrected chi connectivity index (χ0v) is 38.9. The molecule has 0 spiro atoms. The molecule has 1 fully saturated rings. The second-order valence-corrected chi connectivity index (χ2v) is 15.7. The number of carbonyl (C=O) groups excluding carboxylic acids is 2. The molecule has 0 bridgehead atoms. The Balaban J connectivity index is 0.000000197. The number of fused-ring (bicyclic) bond motifs is 2. The summed E-state index contributed by atoms with van der Waals surface area (Å²) in [5.41, 5.74) is 6.85. The van der Waals surface area contributed by atoms with Crippen molar-refractivity contribution in [3.8, 4) is 45.9 Å². The van der Waals surface area contributed by atoms with Crippen LogP contribution in [0.25, 0.3) is 33.5 Å². The Morgan fingerprint density at radius 3 is 2.00 bits per heavy atom. The molecule has 2 atom stereocenters. The first-order valence-electron chi connectivity index (χ1n) is 22.4. The summed E-state index contributed by atoms with van der Waals surface area (Å²) < 4.78 is 55.0. The molecule has 0 radical (unpaired) electrons. The van der Waals surface area contributed by atoms with E-state index < -0.39 is 11.6 Å². The van der Waals surface area contributed by atoms with Crippen molar-refractivity contribution in [2.45, 2.75) is 65.8 Å². The molecule has 1 saturated heterocycles. The highest BCUT2D eigenvalue weighted by Crippen LogP contribution is 2.35. The van der Waals surface area contributed by atoms with Gasteiger partial charge in [0, 0.05) is 61.6 Å². The largest absolute Gasteiger partial charge is 0.489 e. The first-order chi connectivity index (χ1) is 33.5. The van der Waals surface area contributed by atoms with E-state index in [0.717, 1.165) is 75.5 Å². The van der Waals surface area contributed by atoms with Crippen molar-refractivity contribution in [1.29, 1.82) is 0 Å². The van der Waals surface area contributed by atoms with Crippen molar-refractivity contribution in [3.05, 3.63) is 181 Å². The minimum Gasteiger partial charge on any atom is -0.489 e. The summed E-state index contributed by atoms with van der Waals surface area (Å²) in [6, 6.07) is 24.6. The molecule has 12 nitrogen and oxygen atoms in total. The van der Waals surface area contributed by atoms with Crippen LogP contribution in [-0.4, -0.2) is 63.9 Å². The standard InChI is InChI=1S/C27H23FN4O2.C25H22F2N4O2.C2H6/c1-2-5-25(33)31-14-4-8-23(31)27-30-26(24-17-29-13-15-32(24)27)20-11-9-19(10-12-20)18-34-22-7-3-6-21(28)16-22;1-4-23(32)30(3)16(2)25-29-24(22-14-28-11-12-31(22)25)18-7-5-17(6-8-18)15-33-19-9-10-20(26)21(27)13-19;1-2/h3,6-7,9-13,15-17,23H,4,8,14,18H2,1H3;4-14,16H,1,15H2,2-3H3;1-2H3/t23-;16-;/m00./s1. The predicted octanol–water partition coefficient (Wildman–Crippen LogP) is 10.8. The predicted molar refractivity (Wildman–Crippen MR) is 258 cm³/mol. The van der Waals surface area contributed by atoms with E-state index in [1.54, 1.807) is 55.8 Å². The number of halogens is 3. The summed E-state index contributed by atoms with van der Waals surface area (Å²) >= 11 is 0. The Hall–Kier alpha value is -8.25. The van der Waals surface area contributed by atoms with Gasteiger partial charge >= 0.3 is 0 Å². The van der Waals surface area contributed by atoms with Crippen LogP contribution in [0.2, 0.25) is 0 Å². The lowest BCUT2D eigenvalue weighted by Gasteiger charge is -2.22. The molecule has 8 aromatic rings. The van der Waals surface area contributed by atoms with Gasteiger partial charge in [-0.25, -0.2) is 23.1 Å². The third-order valence-electron chi connectivity index (χ3n) is 11.4. The number of amides is 2. The van der Waals surface area contributed by atoms with E-state index in [4.69, 9.17) is 19.4 Å². The van der Waals surface area contributed by atoms with E-state index >= 15 is 0 Å². The van der Waals surface area contributed by atoms with Gasteiger partial charge in [0.05, 0.1) is 46.9 Å². The average Bonchev–Trinajstić information content (AvgIpc) is 4.13. The number of carbonyl (C=O) groups is 2. The van der Waals surface area contributed by atoms with Crippen LogP contribution >= 0.6 is 0 Å². The fourth-order valence-corrected chi connectivity index (χ4v) is 7.82. The molecule has 0 saturated carbocycles. The van der Waals surface area contributed by atoms with Gasteiger partial charge in [0.2, 0.25) is 5.91 Å². The number of benzene rings is 4. The zero-order valence-electron chi connectivity index (χ0n) is 38.9. The minimum absolute atomic E-state index is 0.129. The number of imidazole rings is 2. The van der Waals surface area contributed by atoms with Crippen molar-refractivity contribution < 1.29 is 32.2 Å². The molecule has 1 aliphatic rings. The van der Waals surface area contributed by atoms with Gasteiger partial charge in [-0.05, 0) is 74.1 Å². The first kappa shape index (κ1) is 48.7. The highest BCUT2D eigenvalue weighted by Gasteiger charge is 2.33. The van der Waals surface area contributed by atoms with Gasteiger partial charge < -0.3 is 19.3 Å². The van der Waals surface area contributed by atoms with Crippen LogP contribution in [0.3, 0.4) is 0 Å². The molecule has 4 aromatic heterocycles. The van der Waals surface area contributed by atoms with Crippen molar-refractivity contribution in [3.63, 3.8) is 0 Å².